The molecule has 0 heterocycles. The van der Waals surface area contributed by atoms with E-state index in [0.717, 1.165) is 6.07 Å². The van der Waals surface area contributed by atoms with E-state index in [9.17, 15) is 28.4 Å². The van der Waals surface area contributed by atoms with Crippen LogP contribution in [0.4, 0.5) is 18.9 Å². The average Bonchev–Trinajstić information content (AvgIpc) is 2.50. The first-order valence-corrected chi connectivity index (χ1v) is 8.76. The van der Waals surface area contributed by atoms with Crippen molar-refractivity contribution in [3.8, 4) is 17.2 Å². The molecule has 2 rings (SSSR count). The molecule has 0 unspecified atom stereocenters. The lowest BCUT2D eigenvalue weighted by Crippen LogP contribution is -2.11. The first-order chi connectivity index (χ1) is 11.9. The summed E-state index contributed by atoms with van der Waals surface area (Å²) in [4.78, 5) is 9.88. The summed E-state index contributed by atoms with van der Waals surface area (Å²) in [5.74, 6) is -0.101. The quantitative estimate of drug-likeness (QED) is 0.373. The van der Waals surface area contributed by atoms with E-state index < -0.39 is 26.8 Å². The number of nitro groups is 1. The number of nitro benzene ring substituents is 1. The minimum absolute atomic E-state index is 0.0248. The standard InChI is InChI=1S/C16H12Br2F3NO4/c1-7(2)9-5-8(3-4-12(9)23)26-15-10(17)6-11(22(24)25)13(14(15)18)16(19,20)21/h3-7,23H,1-2H3. The van der Waals surface area contributed by atoms with Crippen LogP contribution in [0.3, 0.4) is 0 Å². The Balaban J connectivity index is 2.61. The fraction of sp³-hybridized carbons (Fsp3) is 0.250. The maximum atomic E-state index is 13.3. The van der Waals surface area contributed by atoms with Crippen LogP contribution in [0.1, 0.15) is 30.9 Å². The number of rotatable bonds is 4. The van der Waals surface area contributed by atoms with Crippen LogP contribution in [0.2, 0.25) is 0 Å². The molecule has 0 fully saturated rings. The van der Waals surface area contributed by atoms with Gasteiger partial charge >= 0.3 is 6.18 Å². The lowest BCUT2D eigenvalue weighted by molar-refractivity contribution is -0.388. The Labute approximate surface area is 163 Å². The largest absolute Gasteiger partial charge is 0.508 e. The molecule has 2 aromatic rings. The van der Waals surface area contributed by atoms with Gasteiger partial charge in [0.15, 0.2) is 11.3 Å². The molecule has 2 aromatic carbocycles. The number of alkyl halides is 3. The summed E-state index contributed by atoms with van der Waals surface area (Å²) in [6.07, 6.45) is -4.96. The Hall–Kier alpha value is -1.81. The first kappa shape index (κ1) is 20.5. The lowest BCUT2D eigenvalue weighted by Gasteiger charge is -2.16. The second-order valence-corrected chi connectivity index (χ2v) is 7.28. The molecule has 0 aliphatic carbocycles. The van der Waals surface area contributed by atoms with E-state index in [1.165, 1.54) is 18.2 Å². The predicted molar refractivity (Wildman–Crippen MR) is 95.8 cm³/mol. The third-order valence-electron chi connectivity index (χ3n) is 3.48. The van der Waals surface area contributed by atoms with E-state index in [0.29, 0.717) is 5.56 Å². The summed E-state index contributed by atoms with van der Waals surface area (Å²) < 4.78 is 44.8. The highest BCUT2D eigenvalue weighted by Crippen LogP contribution is 2.49. The second kappa shape index (κ2) is 7.43. The van der Waals surface area contributed by atoms with E-state index in [2.05, 4.69) is 31.9 Å². The summed E-state index contributed by atoms with van der Waals surface area (Å²) >= 11 is 5.79. The van der Waals surface area contributed by atoms with Gasteiger partial charge in [-0.05, 0) is 56.0 Å². The Bertz CT molecular complexity index is 870. The molecular weight excluding hydrogens is 487 g/mol. The molecule has 1 N–H and O–H groups in total. The summed E-state index contributed by atoms with van der Waals surface area (Å²) in [5.41, 5.74) is -1.99. The van der Waals surface area contributed by atoms with E-state index in [-0.39, 0.29) is 27.6 Å². The Morgan fingerprint density at radius 1 is 1.23 bits per heavy atom. The van der Waals surface area contributed by atoms with Crippen molar-refractivity contribution in [2.24, 2.45) is 0 Å². The Morgan fingerprint density at radius 2 is 1.85 bits per heavy atom. The van der Waals surface area contributed by atoms with Crippen molar-refractivity contribution in [2.45, 2.75) is 25.9 Å². The minimum atomic E-state index is -4.96. The SMILES string of the molecule is CC(C)c1cc(Oc2c(Br)cc([N+](=O)[O-])c(C(F)(F)F)c2Br)ccc1O. The molecule has 0 spiro atoms. The predicted octanol–water partition coefficient (Wildman–Crippen LogP) is 6.76. The van der Waals surface area contributed by atoms with Gasteiger partial charge in [0.2, 0.25) is 0 Å². The molecule has 5 nitrogen and oxygen atoms in total. The Morgan fingerprint density at radius 3 is 2.35 bits per heavy atom. The third-order valence-corrected chi connectivity index (χ3v) is 4.82. The molecule has 10 heteroatoms. The Kier molecular flexibility index (Phi) is 5.86. The molecule has 0 bridgehead atoms. The van der Waals surface area contributed by atoms with Gasteiger partial charge in [-0.25, -0.2) is 0 Å². The summed E-state index contributed by atoms with van der Waals surface area (Å²) in [6, 6.07) is 4.98. The monoisotopic (exact) mass is 497 g/mol. The highest BCUT2D eigenvalue weighted by Gasteiger charge is 2.43. The number of hydrogen-bond acceptors (Lipinski definition) is 4. The molecule has 0 saturated heterocycles. The van der Waals surface area contributed by atoms with Gasteiger partial charge < -0.3 is 9.84 Å². The van der Waals surface area contributed by atoms with Crippen molar-refractivity contribution < 1.29 is 27.9 Å². The van der Waals surface area contributed by atoms with Crippen molar-refractivity contribution in [2.75, 3.05) is 0 Å². The summed E-state index contributed by atoms with van der Waals surface area (Å²) in [6.45, 7) is 3.66. The molecule has 26 heavy (non-hydrogen) atoms. The van der Waals surface area contributed by atoms with Crippen LogP contribution in [0, 0.1) is 10.1 Å². The maximum absolute atomic E-state index is 13.3. The topological polar surface area (TPSA) is 72.6 Å². The van der Waals surface area contributed by atoms with E-state index in [4.69, 9.17) is 4.74 Å². The van der Waals surface area contributed by atoms with Gasteiger partial charge in [0.1, 0.15) is 11.5 Å². The molecule has 0 saturated carbocycles. The van der Waals surface area contributed by atoms with Gasteiger partial charge in [-0.1, -0.05) is 13.8 Å². The van der Waals surface area contributed by atoms with Gasteiger partial charge in [-0.15, -0.1) is 0 Å². The van der Waals surface area contributed by atoms with Crippen LogP contribution >= 0.6 is 31.9 Å². The molecule has 0 radical (unpaired) electrons. The highest BCUT2D eigenvalue weighted by atomic mass is 79.9. The molecule has 0 atom stereocenters. The van der Waals surface area contributed by atoms with Crippen LogP contribution in [0.15, 0.2) is 33.2 Å². The fourth-order valence-electron chi connectivity index (χ4n) is 2.27. The number of ether oxygens (including phenoxy) is 1. The van der Waals surface area contributed by atoms with E-state index in [1.54, 1.807) is 0 Å². The molecule has 0 aromatic heterocycles. The van der Waals surface area contributed by atoms with Crippen LogP contribution in [-0.2, 0) is 6.18 Å². The first-order valence-electron chi connectivity index (χ1n) is 7.17. The third kappa shape index (κ3) is 4.12. The number of phenolic OH excluding ortho intramolecular Hbond substituents is 1. The van der Waals surface area contributed by atoms with Crippen LogP contribution < -0.4 is 4.74 Å². The fourth-order valence-corrected chi connectivity index (χ4v) is 3.76. The van der Waals surface area contributed by atoms with Gasteiger partial charge in [0.25, 0.3) is 5.69 Å². The molecule has 0 aliphatic rings. The number of nitrogens with zero attached hydrogens (tertiary/aromatic N) is 1. The van der Waals surface area contributed by atoms with Crippen molar-refractivity contribution in [3.63, 3.8) is 0 Å². The number of aromatic hydroxyl groups is 1. The number of benzene rings is 2. The van der Waals surface area contributed by atoms with E-state index in [1.807, 2.05) is 13.8 Å². The molecule has 140 valence electrons. The van der Waals surface area contributed by atoms with Crippen molar-refractivity contribution in [1.82, 2.24) is 0 Å². The number of hydrogen-bond donors (Lipinski definition) is 1. The van der Waals surface area contributed by atoms with Crippen LogP contribution in [0.25, 0.3) is 0 Å². The van der Waals surface area contributed by atoms with Crippen molar-refractivity contribution in [3.05, 3.63) is 54.5 Å². The van der Waals surface area contributed by atoms with E-state index >= 15 is 0 Å². The zero-order valence-electron chi connectivity index (χ0n) is 13.4. The van der Waals surface area contributed by atoms with Crippen molar-refractivity contribution in [1.29, 1.82) is 0 Å². The van der Waals surface area contributed by atoms with Crippen LogP contribution in [-0.4, -0.2) is 10.0 Å². The van der Waals surface area contributed by atoms with Gasteiger partial charge in [0.05, 0.1) is 13.9 Å². The summed E-state index contributed by atoms with van der Waals surface area (Å²) in [7, 11) is 0. The maximum Gasteiger partial charge on any atom is 0.424 e. The molecule has 0 amide bonds. The average molecular weight is 499 g/mol. The van der Waals surface area contributed by atoms with Crippen molar-refractivity contribution >= 4 is 37.5 Å². The normalized spacial score (nSPS) is 11.7. The number of phenols is 1. The highest BCUT2D eigenvalue weighted by molar-refractivity contribution is 9.11. The number of halogens is 5. The van der Waals surface area contributed by atoms with Gasteiger partial charge in [-0.3, -0.25) is 10.1 Å². The second-order valence-electron chi connectivity index (χ2n) is 5.63. The molecular formula is C16H12Br2F3NO4. The van der Waals surface area contributed by atoms with Gasteiger partial charge in [0, 0.05) is 11.6 Å². The van der Waals surface area contributed by atoms with Gasteiger partial charge in [-0.2, -0.15) is 13.2 Å². The zero-order chi connectivity index (χ0) is 19.8. The lowest BCUT2D eigenvalue weighted by atomic mass is 10.0. The smallest absolute Gasteiger partial charge is 0.424 e. The van der Waals surface area contributed by atoms with Crippen LogP contribution in [0.5, 0.6) is 17.2 Å². The minimum Gasteiger partial charge on any atom is -0.508 e. The zero-order valence-corrected chi connectivity index (χ0v) is 16.6. The summed E-state index contributed by atoms with van der Waals surface area (Å²) in [5, 5.41) is 20.8. The molecule has 0 aliphatic heterocycles.